The Labute approximate surface area is 543 Å². The van der Waals surface area contributed by atoms with Gasteiger partial charge < -0.3 is 65.1 Å². The van der Waals surface area contributed by atoms with Crippen LogP contribution >= 0.6 is 0 Å². The quantitative estimate of drug-likeness (QED) is 0.0204. The average Bonchev–Trinajstić information content (AvgIpc) is 3.62. The number of carbonyl (C=O) groups excluding carboxylic acids is 1. The molecule has 0 aromatic heterocycles. The van der Waals surface area contributed by atoms with Crippen molar-refractivity contribution >= 4 is 5.91 Å². The van der Waals surface area contributed by atoms with Crippen LogP contribution in [0.3, 0.4) is 0 Å². The Hall–Kier alpha value is -2.05. The highest BCUT2D eigenvalue weighted by molar-refractivity contribution is 5.76. The minimum atomic E-state index is -1.79. The smallest absolute Gasteiger partial charge is 0.220 e. The number of allylic oxidation sites excluding steroid dienone is 7. The minimum Gasteiger partial charge on any atom is -0.394 e. The number of nitrogens with one attached hydrogen (secondary N) is 1. The second-order valence-corrected chi connectivity index (χ2v) is 26.4. The van der Waals surface area contributed by atoms with Crippen LogP contribution in [0.25, 0.3) is 0 Å². The van der Waals surface area contributed by atoms with Gasteiger partial charge >= 0.3 is 0 Å². The number of ether oxygens (including phenoxy) is 4. The van der Waals surface area contributed by atoms with E-state index in [0.717, 1.165) is 44.9 Å². The van der Waals surface area contributed by atoms with Gasteiger partial charge in [-0.05, 0) is 70.6 Å². The highest BCUT2D eigenvalue weighted by atomic mass is 16.7. The zero-order valence-electron chi connectivity index (χ0n) is 56.9. The topological polar surface area (TPSA) is 228 Å². The van der Waals surface area contributed by atoms with Gasteiger partial charge in [-0.1, -0.05) is 300 Å². The van der Waals surface area contributed by atoms with Crippen molar-refractivity contribution in [3.05, 3.63) is 48.6 Å². The third-order valence-corrected chi connectivity index (χ3v) is 18.2. The van der Waals surface area contributed by atoms with Gasteiger partial charge in [0.05, 0.1) is 32.0 Å². The summed E-state index contributed by atoms with van der Waals surface area (Å²) in [6.45, 7) is 2.81. The number of carbonyl (C=O) groups is 1. The van der Waals surface area contributed by atoms with Gasteiger partial charge in [0.2, 0.25) is 5.91 Å². The molecule has 1 amide bonds. The van der Waals surface area contributed by atoms with E-state index in [2.05, 4.69) is 55.6 Å². The molecule has 2 aliphatic heterocycles. The van der Waals surface area contributed by atoms with E-state index in [9.17, 15) is 45.6 Å². The highest BCUT2D eigenvalue weighted by Gasteiger charge is 2.51. The van der Waals surface area contributed by atoms with Crippen molar-refractivity contribution in [3.63, 3.8) is 0 Å². The highest BCUT2D eigenvalue weighted by Crippen LogP contribution is 2.30. The van der Waals surface area contributed by atoms with E-state index in [1.807, 2.05) is 6.08 Å². The molecular weight excluding hydrogens is 1120 g/mol. The Bertz CT molecular complexity index is 1680. The van der Waals surface area contributed by atoms with Crippen LogP contribution in [-0.4, -0.2) is 140 Å². The van der Waals surface area contributed by atoms with Crippen molar-refractivity contribution in [2.75, 3.05) is 19.8 Å². The zero-order valence-corrected chi connectivity index (χ0v) is 56.9. The van der Waals surface area contributed by atoms with E-state index in [1.54, 1.807) is 6.08 Å². The number of amides is 1. The maximum absolute atomic E-state index is 13.3. The summed E-state index contributed by atoms with van der Waals surface area (Å²) in [5, 5.41) is 87.4. The van der Waals surface area contributed by atoms with E-state index < -0.39 is 86.8 Å². The van der Waals surface area contributed by atoms with Crippen molar-refractivity contribution in [2.24, 2.45) is 0 Å². The Morgan fingerprint density at radius 3 is 1.10 bits per heavy atom. The summed E-state index contributed by atoms with van der Waals surface area (Å²) in [5.41, 5.74) is 0. The predicted octanol–water partition coefficient (Wildman–Crippen LogP) is 15.9. The van der Waals surface area contributed by atoms with Gasteiger partial charge in [-0.2, -0.15) is 0 Å². The summed E-state index contributed by atoms with van der Waals surface area (Å²) >= 11 is 0. The minimum absolute atomic E-state index is 0.248. The molecule has 522 valence electrons. The molecule has 9 N–H and O–H groups in total. The van der Waals surface area contributed by atoms with E-state index >= 15 is 0 Å². The lowest BCUT2D eigenvalue weighted by molar-refractivity contribution is -0.359. The van der Waals surface area contributed by atoms with Crippen LogP contribution in [0.2, 0.25) is 0 Å². The average molecular weight is 1260 g/mol. The molecule has 0 aromatic rings. The van der Waals surface area contributed by atoms with Crippen LogP contribution in [0.1, 0.15) is 328 Å². The Kier molecular flexibility index (Phi) is 55.7. The fraction of sp³-hybridized carbons (Fsp3) is 0.880. The van der Waals surface area contributed by atoms with Gasteiger partial charge in [0.25, 0.3) is 0 Å². The maximum Gasteiger partial charge on any atom is 0.220 e. The molecule has 2 saturated heterocycles. The molecule has 0 radical (unpaired) electrons. The largest absolute Gasteiger partial charge is 0.394 e. The van der Waals surface area contributed by atoms with Crippen LogP contribution < -0.4 is 5.32 Å². The molecule has 0 aromatic carbocycles. The van der Waals surface area contributed by atoms with E-state index in [1.165, 1.54) is 250 Å². The number of hydrogen-bond acceptors (Lipinski definition) is 13. The molecule has 2 aliphatic rings. The predicted molar refractivity (Wildman–Crippen MR) is 364 cm³/mol. The van der Waals surface area contributed by atoms with Crippen LogP contribution in [0.5, 0.6) is 0 Å². The second kappa shape index (κ2) is 59.7. The molecule has 12 unspecified atom stereocenters. The van der Waals surface area contributed by atoms with E-state index in [0.29, 0.717) is 12.8 Å². The molecule has 2 fully saturated rings. The first-order valence-corrected chi connectivity index (χ1v) is 37.4. The summed E-state index contributed by atoms with van der Waals surface area (Å²) in [7, 11) is 0. The third kappa shape index (κ3) is 43.5. The fourth-order valence-corrected chi connectivity index (χ4v) is 12.3. The third-order valence-electron chi connectivity index (χ3n) is 18.2. The molecule has 89 heavy (non-hydrogen) atoms. The molecule has 0 bridgehead atoms. The Morgan fingerprint density at radius 2 is 0.719 bits per heavy atom. The summed E-state index contributed by atoms with van der Waals surface area (Å²) in [6, 6.07) is -0.938. The molecular formula is C75H139NO13. The SMILES string of the molecule is CCCCCCCCCC/C=C\CCCCCCCCCCCCCCCCCCCCCCCCCC(=O)NC(COC1OC(CO)C(OC2OC(CO)C(O)C(O)C2O)C(O)C1O)C(O)/C=C/CC/C=C/CC/C=C/CCCCCCCCCCCC. The van der Waals surface area contributed by atoms with Crippen LogP contribution in [0, 0.1) is 0 Å². The number of aliphatic hydroxyl groups is 8. The lowest BCUT2D eigenvalue weighted by Gasteiger charge is -2.46. The van der Waals surface area contributed by atoms with Crippen molar-refractivity contribution in [3.8, 4) is 0 Å². The van der Waals surface area contributed by atoms with E-state index in [-0.39, 0.29) is 18.9 Å². The lowest BCUT2D eigenvalue weighted by Crippen LogP contribution is -2.65. The molecule has 14 nitrogen and oxygen atoms in total. The monoisotopic (exact) mass is 1260 g/mol. The fourth-order valence-electron chi connectivity index (χ4n) is 12.3. The molecule has 0 aliphatic carbocycles. The van der Waals surface area contributed by atoms with Gasteiger partial charge in [-0.15, -0.1) is 0 Å². The summed E-state index contributed by atoms with van der Waals surface area (Å²) in [4.78, 5) is 13.3. The first kappa shape index (κ1) is 83.0. The Morgan fingerprint density at radius 1 is 0.393 bits per heavy atom. The van der Waals surface area contributed by atoms with Gasteiger partial charge in [0, 0.05) is 6.42 Å². The van der Waals surface area contributed by atoms with Gasteiger partial charge in [0.1, 0.15) is 48.8 Å². The van der Waals surface area contributed by atoms with Crippen LogP contribution in [0.4, 0.5) is 0 Å². The van der Waals surface area contributed by atoms with Gasteiger partial charge in [-0.25, -0.2) is 0 Å². The molecule has 12 atom stereocenters. The summed E-state index contributed by atoms with van der Waals surface area (Å²) < 4.78 is 22.8. The summed E-state index contributed by atoms with van der Waals surface area (Å²) in [5.74, 6) is -0.248. The first-order valence-electron chi connectivity index (χ1n) is 37.4. The molecule has 0 saturated carbocycles. The normalized spacial score (nSPS) is 23.3. The van der Waals surface area contributed by atoms with Gasteiger partial charge in [-0.3, -0.25) is 4.79 Å². The first-order chi connectivity index (χ1) is 43.6. The van der Waals surface area contributed by atoms with Crippen molar-refractivity contribution in [2.45, 2.75) is 402 Å². The van der Waals surface area contributed by atoms with E-state index in [4.69, 9.17) is 18.9 Å². The lowest BCUT2D eigenvalue weighted by atomic mass is 9.97. The van der Waals surface area contributed by atoms with Crippen LogP contribution in [0.15, 0.2) is 48.6 Å². The second-order valence-electron chi connectivity index (χ2n) is 26.4. The molecule has 0 spiro atoms. The summed E-state index contributed by atoms with van der Waals surface area (Å²) in [6.07, 6.45) is 61.9. The zero-order chi connectivity index (χ0) is 64.5. The number of unbranched alkanes of at least 4 members (excludes halogenated alkanes) is 43. The van der Waals surface area contributed by atoms with Crippen molar-refractivity contribution in [1.29, 1.82) is 0 Å². The standard InChI is InChI=1S/C75H139NO13/c1-3-5-7-9-11-13-15-17-19-21-23-25-26-27-28-29-30-31-32-33-34-35-36-37-38-39-41-43-45-47-49-51-53-55-57-59-67(80)76-63(64(79)58-56-54-52-50-48-46-44-42-40-24-22-20-18-16-14-12-10-8-6-4-2)62-86-74-72(85)70(83)73(66(61-78)88-74)89-75-71(84)69(82)68(81)65(60-77)87-75/h21,23,40,42,48,50,56,58,63-66,68-75,77-79,81-85H,3-20,22,24-39,41,43-47,49,51-55,57,59-62H2,1-2H3,(H,76,80)/b23-21-,42-40+,50-48+,58-56+. The maximum atomic E-state index is 13.3. The molecule has 2 rings (SSSR count). The van der Waals surface area contributed by atoms with Crippen molar-refractivity contribution < 1.29 is 64.6 Å². The number of hydrogen-bond donors (Lipinski definition) is 9. The van der Waals surface area contributed by atoms with Crippen molar-refractivity contribution in [1.82, 2.24) is 5.32 Å². The number of rotatable bonds is 62. The van der Waals surface area contributed by atoms with Gasteiger partial charge in [0.15, 0.2) is 12.6 Å². The Balaban J connectivity index is 1.62. The molecule has 2 heterocycles. The molecule has 14 heteroatoms. The number of aliphatic hydroxyl groups excluding tert-OH is 8. The van der Waals surface area contributed by atoms with Crippen LogP contribution in [-0.2, 0) is 23.7 Å².